The Morgan fingerprint density at radius 3 is 2.64 bits per heavy atom. The van der Waals surface area contributed by atoms with Crippen molar-refractivity contribution in [1.82, 2.24) is 5.32 Å². The van der Waals surface area contributed by atoms with Crippen molar-refractivity contribution in [3.05, 3.63) is 20.8 Å². The fourth-order valence-electron chi connectivity index (χ4n) is 1.44. The van der Waals surface area contributed by atoms with Crippen molar-refractivity contribution in [2.75, 3.05) is 6.54 Å². The molecule has 1 N–H and O–H groups in total. The molecular weight excluding hydrogens is 258 g/mol. The van der Waals surface area contributed by atoms with E-state index in [1.165, 1.54) is 22.2 Å². The summed E-state index contributed by atoms with van der Waals surface area (Å²) in [6.07, 6.45) is 2.55. The zero-order valence-corrected chi connectivity index (χ0v) is 11.2. The van der Waals surface area contributed by atoms with Gasteiger partial charge in [-0.05, 0) is 45.4 Å². The first-order valence-corrected chi connectivity index (χ1v) is 6.87. The monoisotopic (exact) mass is 275 g/mol. The van der Waals surface area contributed by atoms with Crippen LogP contribution in [0.15, 0.2) is 15.2 Å². The Bertz CT molecular complexity index is 256. The van der Waals surface area contributed by atoms with Gasteiger partial charge in [0.05, 0.1) is 3.79 Å². The lowest BCUT2D eigenvalue weighted by Gasteiger charge is -2.12. The number of hydrogen-bond acceptors (Lipinski definition) is 2. The van der Waals surface area contributed by atoms with Gasteiger partial charge in [0, 0.05) is 6.54 Å². The van der Waals surface area contributed by atoms with Gasteiger partial charge in [0.1, 0.15) is 0 Å². The second-order valence-electron chi connectivity index (χ2n) is 3.57. The molecule has 3 heteroatoms. The molecule has 0 radical (unpaired) electrons. The SMILES string of the molecule is CCC(CC)CNCc1csc(Br)c1. The number of halogens is 1. The van der Waals surface area contributed by atoms with Crippen molar-refractivity contribution in [3.8, 4) is 0 Å². The molecule has 1 aromatic rings. The standard InChI is InChI=1S/C11H18BrNS/c1-3-9(4-2)6-13-7-10-5-11(12)14-8-10/h5,8-9,13H,3-4,6-7H2,1-2H3. The number of hydrogen-bond donors (Lipinski definition) is 1. The predicted octanol–water partition coefficient (Wildman–Crippen LogP) is 4.04. The van der Waals surface area contributed by atoms with Crippen LogP contribution in [0.1, 0.15) is 32.3 Å². The Balaban J connectivity index is 2.21. The Kier molecular flexibility index (Phi) is 5.75. The van der Waals surface area contributed by atoms with E-state index in [-0.39, 0.29) is 0 Å². The van der Waals surface area contributed by atoms with Crippen LogP contribution in [0.5, 0.6) is 0 Å². The molecule has 1 heterocycles. The minimum Gasteiger partial charge on any atom is -0.312 e. The molecule has 1 rings (SSSR count). The van der Waals surface area contributed by atoms with Crippen LogP contribution in [0, 0.1) is 5.92 Å². The van der Waals surface area contributed by atoms with Crippen molar-refractivity contribution in [3.63, 3.8) is 0 Å². The van der Waals surface area contributed by atoms with Crippen LogP contribution in [0.4, 0.5) is 0 Å². The van der Waals surface area contributed by atoms with E-state index in [2.05, 4.69) is 46.5 Å². The van der Waals surface area contributed by atoms with Gasteiger partial charge in [0.15, 0.2) is 0 Å². The highest BCUT2D eigenvalue weighted by Crippen LogP contribution is 2.20. The van der Waals surface area contributed by atoms with Crippen LogP contribution in [-0.2, 0) is 6.54 Å². The highest BCUT2D eigenvalue weighted by Gasteiger charge is 2.02. The summed E-state index contributed by atoms with van der Waals surface area (Å²) in [4.78, 5) is 0. The largest absolute Gasteiger partial charge is 0.312 e. The highest BCUT2D eigenvalue weighted by molar-refractivity contribution is 9.11. The van der Waals surface area contributed by atoms with Crippen molar-refractivity contribution < 1.29 is 0 Å². The lowest BCUT2D eigenvalue weighted by Crippen LogP contribution is -2.21. The number of nitrogens with one attached hydrogen (secondary N) is 1. The zero-order valence-electron chi connectivity index (χ0n) is 8.85. The Labute approximate surface area is 99.0 Å². The minimum absolute atomic E-state index is 0.831. The molecule has 0 saturated carbocycles. The van der Waals surface area contributed by atoms with Gasteiger partial charge >= 0.3 is 0 Å². The van der Waals surface area contributed by atoms with Crippen LogP contribution in [0.25, 0.3) is 0 Å². The second kappa shape index (κ2) is 6.59. The molecule has 0 unspecified atom stereocenters. The first-order valence-electron chi connectivity index (χ1n) is 5.19. The van der Waals surface area contributed by atoms with Crippen LogP contribution in [0.3, 0.4) is 0 Å². The Hall–Kier alpha value is 0.140. The molecule has 0 aromatic carbocycles. The highest BCUT2D eigenvalue weighted by atomic mass is 79.9. The van der Waals surface area contributed by atoms with E-state index in [1.807, 2.05) is 0 Å². The zero-order chi connectivity index (χ0) is 10.4. The second-order valence-corrected chi connectivity index (χ2v) is 5.86. The van der Waals surface area contributed by atoms with Gasteiger partial charge in [-0.1, -0.05) is 26.7 Å². The molecule has 0 atom stereocenters. The third-order valence-electron chi connectivity index (χ3n) is 2.54. The molecule has 0 amide bonds. The quantitative estimate of drug-likeness (QED) is 0.827. The van der Waals surface area contributed by atoms with E-state index in [0.29, 0.717) is 0 Å². The maximum absolute atomic E-state index is 3.50. The average molecular weight is 276 g/mol. The van der Waals surface area contributed by atoms with E-state index >= 15 is 0 Å². The maximum atomic E-state index is 3.50. The van der Waals surface area contributed by atoms with Crippen LogP contribution >= 0.6 is 27.3 Å². The fraction of sp³-hybridized carbons (Fsp3) is 0.636. The third-order valence-corrected chi connectivity index (χ3v) is 4.09. The van der Waals surface area contributed by atoms with Crippen molar-refractivity contribution in [2.24, 2.45) is 5.92 Å². The molecule has 1 nitrogen and oxygen atoms in total. The summed E-state index contributed by atoms with van der Waals surface area (Å²) in [6, 6.07) is 2.19. The summed E-state index contributed by atoms with van der Waals surface area (Å²) in [6.45, 7) is 6.66. The maximum Gasteiger partial charge on any atom is 0.0701 e. The molecule has 14 heavy (non-hydrogen) atoms. The Morgan fingerprint density at radius 1 is 1.43 bits per heavy atom. The van der Waals surface area contributed by atoms with E-state index in [9.17, 15) is 0 Å². The van der Waals surface area contributed by atoms with Gasteiger partial charge in [0.25, 0.3) is 0 Å². The van der Waals surface area contributed by atoms with Crippen LogP contribution in [-0.4, -0.2) is 6.54 Å². The van der Waals surface area contributed by atoms with Crippen molar-refractivity contribution in [2.45, 2.75) is 33.2 Å². The summed E-state index contributed by atoms with van der Waals surface area (Å²) in [7, 11) is 0. The minimum atomic E-state index is 0.831. The summed E-state index contributed by atoms with van der Waals surface area (Å²) >= 11 is 5.22. The van der Waals surface area contributed by atoms with E-state index in [1.54, 1.807) is 11.3 Å². The molecule has 0 aliphatic carbocycles. The van der Waals surface area contributed by atoms with Gasteiger partial charge in [0.2, 0.25) is 0 Å². The lowest BCUT2D eigenvalue weighted by atomic mass is 10.0. The van der Waals surface area contributed by atoms with E-state index < -0.39 is 0 Å². The third kappa shape index (κ3) is 4.11. The molecule has 0 spiro atoms. The summed E-state index contributed by atoms with van der Waals surface area (Å²) in [5, 5.41) is 5.70. The van der Waals surface area contributed by atoms with E-state index in [0.717, 1.165) is 19.0 Å². The van der Waals surface area contributed by atoms with Crippen molar-refractivity contribution >= 4 is 27.3 Å². The van der Waals surface area contributed by atoms with Gasteiger partial charge in [-0.3, -0.25) is 0 Å². The molecule has 80 valence electrons. The van der Waals surface area contributed by atoms with Gasteiger partial charge < -0.3 is 5.32 Å². The first kappa shape index (κ1) is 12.2. The Morgan fingerprint density at radius 2 is 2.14 bits per heavy atom. The summed E-state index contributed by atoms with van der Waals surface area (Å²) in [5.41, 5.74) is 1.38. The van der Waals surface area contributed by atoms with Gasteiger partial charge in [-0.15, -0.1) is 11.3 Å². The molecule has 0 saturated heterocycles. The van der Waals surface area contributed by atoms with Crippen LogP contribution in [0.2, 0.25) is 0 Å². The predicted molar refractivity (Wildman–Crippen MR) is 67.8 cm³/mol. The van der Waals surface area contributed by atoms with Crippen LogP contribution < -0.4 is 5.32 Å². The van der Waals surface area contributed by atoms with Gasteiger partial charge in [-0.2, -0.15) is 0 Å². The molecule has 0 fully saturated rings. The van der Waals surface area contributed by atoms with Crippen molar-refractivity contribution in [1.29, 1.82) is 0 Å². The topological polar surface area (TPSA) is 12.0 Å². The number of rotatable bonds is 6. The molecule has 0 bridgehead atoms. The normalized spacial score (nSPS) is 11.1. The lowest BCUT2D eigenvalue weighted by molar-refractivity contribution is 0.450. The summed E-state index contributed by atoms with van der Waals surface area (Å²) in [5.74, 6) is 0.831. The van der Waals surface area contributed by atoms with E-state index in [4.69, 9.17) is 0 Å². The molecular formula is C11H18BrNS. The average Bonchev–Trinajstić information content (AvgIpc) is 2.59. The first-order chi connectivity index (χ1) is 6.76. The van der Waals surface area contributed by atoms with Gasteiger partial charge in [-0.25, -0.2) is 0 Å². The smallest absolute Gasteiger partial charge is 0.0701 e. The number of thiophene rings is 1. The molecule has 1 aromatic heterocycles. The molecule has 0 aliphatic rings. The fourth-order valence-corrected chi connectivity index (χ4v) is 2.65. The molecule has 0 aliphatic heterocycles. The summed E-state index contributed by atoms with van der Waals surface area (Å²) < 4.78 is 1.22.